The van der Waals surface area contributed by atoms with E-state index in [0.29, 0.717) is 0 Å². The van der Waals surface area contributed by atoms with Crippen LogP contribution < -0.4 is 5.32 Å². The summed E-state index contributed by atoms with van der Waals surface area (Å²) in [7, 11) is 0. The largest absolute Gasteiger partial charge is 0.349 e. The number of carbonyl (C=O) groups is 1. The number of hydrogen-bond donors (Lipinski definition) is 1. The Morgan fingerprint density at radius 3 is 2.14 bits per heavy atom. The molecule has 2 unspecified atom stereocenters. The summed E-state index contributed by atoms with van der Waals surface area (Å²) in [5.74, 6) is -0.475. The lowest BCUT2D eigenvalue weighted by molar-refractivity contribution is -0.384. The maximum atomic E-state index is 12.3. The Morgan fingerprint density at radius 2 is 1.59 bits per heavy atom. The van der Waals surface area contributed by atoms with Crippen molar-refractivity contribution in [1.82, 2.24) is 5.32 Å². The number of amides is 1. The quantitative estimate of drug-likeness (QED) is 0.677. The minimum absolute atomic E-state index is 0.0222. The smallest absolute Gasteiger partial charge is 0.269 e. The Bertz CT molecular complexity index is 653. The lowest BCUT2D eigenvalue weighted by Crippen LogP contribution is -2.30. The summed E-state index contributed by atoms with van der Waals surface area (Å²) in [6.07, 6.45) is 0. The van der Waals surface area contributed by atoms with E-state index in [4.69, 9.17) is 0 Å². The van der Waals surface area contributed by atoms with E-state index in [-0.39, 0.29) is 23.6 Å². The Hall–Kier alpha value is -2.69. The van der Waals surface area contributed by atoms with E-state index in [1.54, 1.807) is 19.1 Å². The molecule has 0 fully saturated rings. The van der Waals surface area contributed by atoms with Crippen LogP contribution in [0.15, 0.2) is 54.6 Å². The molecule has 114 valence electrons. The van der Waals surface area contributed by atoms with Gasteiger partial charge in [0.2, 0.25) is 5.91 Å². The fraction of sp³-hybridized carbons (Fsp3) is 0.235. The lowest BCUT2D eigenvalue weighted by atomic mass is 9.99. The fourth-order valence-electron chi connectivity index (χ4n) is 2.20. The van der Waals surface area contributed by atoms with Crippen molar-refractivity contribution in [3.05, 3.63) is 75.8 Å². The van der Waals surface area contributed by atoms with E-state index >= 15 is 0 Å². The van der Waals surface area contributed by atoms with Crippen molar-refractivity contribution in [2.24, 2.45) is 0 Å². The van der Waals surface area contributed by atoms with Gasteiger partial charge < -0.3 is 5.32 Å². The van der Waals surface area contributed by atoms with Crippen LogP contribution in [-0.4, -0.2) is 10.8 Å². The highest BCUT2D eigenvalue weighted by Crippen LogP contribution is 2.21. The van der Waals surface area contributed by atoms with Crippen LogP contribution in [0.25, 0.3) is 0 Å². The first-order valence-electron chi connectivity index (χ1n) is 7.08. The molecule has 22 heavy (non-hydrogen) atoms. The van der Waals surface area contributed by atoms with E-state index in [1.807, 2.05) is 37.3 Å². The number of non-ortho nitro benzene ring substituents is 1. The summed E-state index contributed by atoms with van der Waals surface area (Å²) in [5.41, 5.74) is 1.81. The van der Waals surface area contributed by atoms with Gasteiger partial charge in [0.05, 0.1) is 16.9 Å². The van der Waals surface area contributed by atoms with E-state index in [2.05, 4.69) is 5.32 Å². The molecule has 0 aromatic heterocycles. The second-order valence-electron chi connectivity index (χ2n) is 5.21. The molecule has 0 aliphatic heterocycles. The molecular formula is C17H18N2O3. The van der Waals surface area contributed by atoms with E-state index < -0.39 is 4.92 Å². The van der Waals surface area contributed by atoms with Crippen molar-refractivity contribution in [1.29, 1.82) is 0 Å². The zero-order chi connectivity index (χ0) is 16.1. The average molecular weight is 298 g/mol. The average Bonchev–Trinajstić information content (AvgIpc) is 2.55. The van der Waals surface area contributed by atoms with Crippen molar-refractivity contribution in [3.63, 3.8) is 0 Å². The maximum Gasteiger partial charge on any atom is 0.269 e. The molecule has 0 bridgehead atoms. The predicted molar refractivity (Wildman–Crippen MR) is 84.5 cm³/mol. The molecule has 1 amide bonds. The molecule has 0 aliphatic carbocycles. The Labute approximate surface area is 129 Å². The van der Waals surface area contributed by atoms with Crippen LogP contribution in [0.2, 0.25) is 0 Å². The second-order valence-corrected chi connectivity index (χ2v) is 5.21. The van der Waals surface area contributed by atoms with Crippen molar-refractivity contribution >= 4 is 11.6 Å². The first kappa shape index (κ1) is 15.7. The molecule has 0 aliphatic rings. The van der Waals surface area contributed by atoms with Crippen molar-refractivity contribution in [3.8, 4) is 0 Å². The molecule has 1 N–H and O–H groups in total. The zero-order valence-electron chi connectivity index (χ0n) is 12.5. The first-order chi connectivity index (χ1) is 10.5. The van der Waals surface area contributed by atoms with E-state index in [1.165, 1.54) is 12.1 Å². The molecule has 0 heterocycles. The minimum Gasteiger partial charge on any atom is -0.349 e. The summed E-state index contributed by atoms with van der Waals surface area (Å²) in [4.78, 5) is 22.5. The van der Waals surface area contributed by atoms with Crippen LogP contribution in [0.1, 0.15) is 36.9 Å². The van der Waals surface area contributed by atoms with Crippen LogP contribution in [0.3, 0.4) is 0 Å². The fourth-order valence-corrected chi connectivity index (χ4v) is 2.20. The van der Waals surface area contributed by atoms with Crippen LogP contribution in [-0.2, 0) is 4.79 Å². The van der Waals surface area contributed by atoms with Crippen LogP contribution in [0, 0.1) is 10.1 Å². The zero-order valence-corrected chi connectivity index (χ0v) is 12.5. The number of nitrogens with zero attached hydrogens (tertiary/aromatic N) is 1. The molecule has 2 aromatic rings. The van der Waals surface area contributed by atoms with E-state index in [0.717, 1.165) is 11.1 Å². The molecule has 0 saturated carbocycles. The topological polar surface area (TPSA) is 72.2 Å². The van der Waals surface area contributed by atoms with Gasteiger partial charge in [-0.05, 0) is 25.0 Å². The van der Waals surface area contributed by atoms with Gasteiger partial charge in [0.15, 0.2) is 0 Å². The summed E-state index contributed by atoms with van der Waals surface area (Å²) < 4.78 is 0. The third-order valence-electron chi connectivity index (χ3n) is 3.66. The molecular weight excluding hydrogens is 280 g/mol. The van der Waals surface area contributed by atoms with Gasteiger partial charge in [0.1, 0.15) is 0 Å². The number of carbonyl (C=O) groups excluding carboxylic acids is 1. The van der Waals surface area contributed by atoms with Crippen molar-refractivity contribution < 1.29 is 9.72 Å². The lowest BCUT2D eigenvalue weighted by Gasteiger charge is -2.18. The Kier molecular flexibility index (Phi) is 4.88. The molecule has 2 aromatic carbocycles. The highest BCUT2D eigenvalue weighted by Gasteiger charge is 2.18. The second kappa shape index (κ2) is 6.85. The molecule has 2 rings (SSSR count). The van der Waals surface area contributed by atoms with Gasteiger partial charge in [-0.2, -0.15) is 0 Å². The van der Waals surface area contributed by atoms with Crippen molar-refractivity contribution in [2.45, 2.75) is 25.8 Å². The third kappa shape index (κ3) is 3.69. The van der Waals surface area contributed by atoms with E-state index in [9.17, 15) is 14.9 Å². The van der Waals surface area contributed by atoms with Gasteiger partial charge in [0.25, 0.3) is 5.69 Å². The van der Waals surface area contributed by atoms with Crippen LogP contribution in [0.5, 0.6) is 0 Å². The molecule has 5 heteroatoms. The van der Waals surface area contributed by atoms with Gasteiger partial charge in [-0.25, -0.2) is 0 Å². The van der Waals surface area contributed by atoms with Gasteiger partial charge in [-0.1, -0.05) is 42.5 Å². The molecule has 0 saturated heterocycles. The molecule has 0 radical (unpaired) electrons. The Balaban J connectivity index is 2.04. The van der Waals surface area contributed by atoms with Gasteiger partial charge in [0, 0.05) is 12.1 Å². The minimum atomic E-state index is -0.452. The van der Waals surface area contributed by atoms with Gasteiger partial charge in [-0.15, -0.1) is 0 Å². The molecule has 2 atom stereocenters. The highest BCUT2D eigenvalue weighted by molar-refractivity contribution is 5.83. The maximum absolute atomic E-state index is 12.3. The van der Waals surface area contributed by atoms with Crippen LogP contribution >= 0.6 is 0 Å². The standard InChI is InChI=1S/C17H18N2O3/c1-12(14-8-10-16(11-9-14)19(21)22)17(20)18-13(2)15-6-4-3-5-7-15/h3-13H,1-2H3,(H,18,20). The third-order valence-corrected chi connectivity index (χ3v) is 3.66. The SMILES string of the molecule is CC(NC(=O)C(C)c1ccc([N+](=O)[O-])cc1)c1ccccc1. The highest BCUT2D eigenvalue weighted by atomic mass is 16.6. The summed E-state index contributed by atoms with van der Waals surface area (Å²) in [5, 5.41) is 13.6. The monoisotopic (exact) mass is 298 g/mol. The number of benzene rings is 2. The van der Waals surface area contributed by atoms with Gasteiger partial charge in [-0.3, -0.25) is 14.9 Å². The predicted octanol–water partition coefficient (Wildman–Crippen LogP) is 3.58. The normalized spacial score (nSPS) is 13.2. The van der Waals surface area contributed by atoms with Crippen LogP contribution in [0.4, 0.5) is 5.69 Å². The summed E-state index contributed by atoms with van der Waals surface area (Å²) in [6.45, 7) is 3.71. The summed E-state index contributed by atoms with van der Waals surface area (Å²) in [6, 6.07) is 15.7. The van der Waals surface area contributed by atoms with Crippen molar-refractivity contribution in [2.75, 3.05) is 0 Å². The molecule has 0 spiro atoms. The number of rotatable bonds is 5. The Morgan fingerprint density at radius 1 is 1.00 bits per heavy atom. The number of nitrogens with one attached hydrogen (secondary N) is 1. The first-order valence-corrected chi connectivity index (χ1v) is 7.08. The summed E-state index contributed by atoms with van der Waals surface area (Å²) >= 11 is 0. The number of hydrogen-bond acceptors (Lipinski definition) is 3. The molecule has 5 nitrogen and oxygen atoms in total. The number of nitro benzene ring substituents is 1. The number of nitro groups is 1. The van der Waals surface area contributed by atoms with Gasteiger partial charge >= 0.3 is 0 Å².